The molecule has 0 radical (unpaired) electrons. The number of amides is 1. The van der Waals surface area contributed by atoms with Crippen LogP contribution in [0.1, 0.15) is 13.8 Å². The maximum Gasteiger partial charge on any atom is 0.243 e. The molecule has 1 amide bonds. The van der Waals surface area contributed by atoms with E-state index in [1.807, 2.05) is 35.9 Å². The fraction of sp³-hybridized carbons (Fsp3) is 0.318. The van der Waals surface area contributed by atoms with E-state index in [0.29, 0.717) is 29.8 Å². The van der Waals surface area contributed by atoms with Crippen molar-refractivity contribution >= 4 is 33.4 Å². The van der Waals surface area contributed by atoms with Gasteiger partial charge in [-0.25, -0.2) is 8.42 Å². The van der Waals surface area contributed by atoms with E-state index in [4.69, 9.17) is 4.74 Å². The number of thioether (sulfide) groups is 1. The first-order chi connectivity index (χ1) is 15.8. The van der Waals surface area contributed by atoms with Gasteiger partial charge in [0.1, 0.15) is 5.75 Å². The number of benzene rings is 2. The molecular weight excluding hydrogens is 462 g/mol. The van der Waals surface area contributed by atoms with Crippen molar-refractivity contribution in [2.45, 2.75) is 23.9 Å². The molecule has 1 aromatic heterocycles. The van der Waals surface area contributed by atoms with Gasteiger partial charge in [0.25, 0.3) is 0 Å². The maximum atomic E-state index is 12.6. The standard InChI is InChI=1S/C22H27N5O4S2/c1-5-27(6-2)33(29,30)19-12-10-17(11-13-19)23-20(28)15-32-22-25-24-21(26(22)3)16-8-7-9-18(14-16)31-4/h7-14H,5-6,15H2,1-4H3,(H,23,28). The highest BCUT2D eigenvalue weighted by atomic mass is 32.2. The SMILES string of the molecule is CCN(CC)S(=O)(=O)c1ccc(NC(=O)CSc2nnc(-c3cccc(OC)c3)n2C)cc1. The van der Waals surface area contributed by atoms with Crippen LogP contribution in [0, 0.1) is 0 Å². The lowest BCUT2D eigenvalue weighted by Gasteiger charge is -2.18. The van der Waals surface area contributed by atoms with Crippen molar-refractivity contribution in [3.63, 3.8) is 0 Å². The van der Waals surface area contributed by atoms with Gasteiger partial charge in [-0.05, 0) is 36.4 Å². The largest absolute Gasteiger partial charge is 0.497 e. The van der Waals surface area contributed by atoms with Crippen molar-refractivity contribution < 1.29 is 17.9 Å². The Balaban J connectivity index is 1.61. The highest BCUT2D eigenvalue weighted by Gasteiger charge is 2.21. The molecule has 0 aliphatic heterocycles. The molecule has 0 atom stereocenters. The molecule has 0 unspecified atom stereocenters. The predicted molar refractivity (Wildman–Crippen MR) is 129 cm³/mol. The summed E-state index contributed by atoms with van der Waals surface area (Å²) in [6, 6.07) is 13.7. The zero-order chi connectivity index (χ0) is 24.0. The molecule has 0 saturated heterocycles. The molecule has 176 valence electrons. The van der Waals surface area contributed by atoms with Crippen LogP contribution in [-0.2, 0) is 21.9 Å². The minimum Gasteiger partial charge on any atom is -0.497 e. The summed E-state index contributed by atoms with van der Waals surface area (Å²) >= 11 is 1.26. The zero-order valence-corrected chi connectivity index (χ0v) is 20.6. The number of sulfonamides is 1. The molecule has 11 heteroatoms. The normalized spacial score (nSPS) is 11.5. The molecule has 0 saturated carbocycles. The van der Waals surface area contributed by atoms with E-state index in [1.54, 1.807) is 33.1 Å². The van der Waals surface area contributed by atoms with Crippen molar-refractivity contribution in [2.24, 2.45) is 7.05 Å². The van der Waals surface area contributed by atoms with Gasteiger partial charge in [0, 0.05) is 31.4 Å². The number of anilines is 1. The molecule has 0 fully saturated rings. The predicted octanol–water partition coefficient (Wildman–Crippen LogP) is 3.25. The molecule has 2 aromatic carbocycles. The summed E-state index contributed by atoms with van der Waals surface area (Å²) in [5, 5.41) is 11.8. The van der Waals surface area contributed by atoms with Crippen LogP contribution >= 0.6 is 11.8 Å². The molecule has 9 nitrogen and oxygen atoms in total. The first kappa shape index (κ1) is 24.7. The third-order valence-electron chi connectivity index (χ3n) is 4.98. The second-order valence-electron chi connectivity index (χ2n) is 7.05. The number of carbonyl (C=O) groups is 1. The monoisotopic (exact) mass is 489 g/mol. The summed E-state index contributed by atoms with van der Waals surface area (Å²) in [7, 11) is -0.0901. The number of methoxy groups -OCH3 is 1. The molecule has 0 aliphatic carbocycles. The second kappa shape index (κ2) is 10.8. The molecule has 33 heavy (non-hydrogen) atoms. The lowest BCUT2D eigenvalue weighted by atomic mass is 10.2. The van der Waals surface area contributed by atoms with Crippen LogP contribution in [0.2, 0.25) is 0 Å². The average Bonchev–Trinajstić information content (AvgIpc) is 3.19. The van der Waals surface area contributed by atoms with Gasteiger partial charge in [0.05, 0.1) is 17.8 Å². The number of hydrogen-bond donors (Lipinski definition) is 1. The Hall–Kier alpha value is -2.89. The summed E-state index contributed by atoms with van der Waals surface area (Å²) in [6.07, 6.45) is 0. The third-order valence-corrected chi connectivity index (χ3v) is 8.06. The Morgan fingerprint density at radius 1 is 1.12 bits per heavy atom. The quantitative estimate of drug-likeness (QED) is 0.436. The van der Waals surface area contributed by atoms with Crippen LogP contribution in [0.25, 0.3) is 11.4 Å². The van der Waals surface area contributed by atoms with Crippen LogP contribution in [0.3, 0.4) is 0 Å². The van der Waals surface area contributed by atoms with Crippen LogP contribution in [0.5, 0.6) is 5.75 Å². The van der Waals surface area contributed by atoms with Gasteiger partial charge in [-0.3, -0.25) is 4.79 Å². The number of aromatic nitrogens is 3. The van der Waals surface area contributed by atoms with Crippen molar-refractivity contribution in [1.29, 1.82) is 0 Å². The van der Waals surface area contributed by atoms with Gasteiger partial charge in [-0.1, -0.05) is 37.7 Å². The van der Waals surface area contributed by atoms with Crippen molar-refractivity contribution in [3.05, 3.63) is 48.5 Å². The third kappa shape index (κ3) is 5.73. The molecule has 1 heterocycles. The van der Waals surface area contributed by atoms with Gasteiger partial charge in [-0.15, -0.1) is 10.2 Å². The maximum absolute atomic E-state index is 12.6. The smallest absolute Gasteiger partial charge is 0.243 e. The highest BCUT2D eigenvalue weighted by molar-refractivity contribution is 7.99. The minimum atomic E-state index is -3.53. The van der Waals surface area contributed by atoms with Crippen LogP contribution in [-0.4, -0.2) is 59.3 Å². The molecule has 0 bridgehead atoms. The Morgan fingerprint density at radius 3 is 2.45 bits per heavy atom. The highest BCUT2D eigenvalue weighted by Crippen LogP contribution is 2.25. The topological polar surface area (TPSA) is 106 Å². The van der Waals surface area contributed by atoms with Crippen molar-refractivity contribution in [1.82, 2.24) is 19.1 Å². The molecule has 1 N–H and O–H groups in total. The Kier molecular flexibility index (Phi) is 8.11. The van der Waals surface area contributed by atoms with E-state index in [-0.39, 0.29) is 16.6 Å². The summed E-state index contributed by atoms with van der Waals surface area (Å²) < 4.78 is 33.6. The number of nitrogens with one attached hydrogen (secondary N) is 1. The van der Waals surface area contributed by atoms with Crippen LogP contribution in [0.4, 0.5) is 5.69 Å². The molecule has 0 aliphatic rings. The van der Waals surface area contributed by atoms with Gasteiger partial charge in [-0.2, -0.15) is 4.31 Å². The van der Waals surface area contributed by atoms with Crippen molar-refractivity contribution in [2.75, 3.05) is 31.3 Å². The summed E-state index contributed by atoms with van der Waals surface area (Å²) in [5.41, 5.74) is 1.38. The summed E-state index contributed by atoms with van der Waals surface area (Å²) in [4.78, 5) is 12.6. The lowest BCUT2D eigenvalue weighted by molar-refractivity contribution is -0.113. The molecule has 3 aromatic rings. The molecule has 0 spiro atoms. The summed E-state index contributed by atoms with van der Waals surface area (Å²) in [6.45, 7) is 4.39. The zero-order valence-electron chi connectivity index (χ0n) is 19.0. The van der Waals surface area contributed by atoms with Gasteiger partial charge >= 0.3 is 0 Å². The fourth-order valence-corrected chi connectivity index (χ4v) is 5.37. The average molecular weight is 490 g/mol. The fourth-order valence-electron chi connectivity index (χ4n) is 3.20. The Bertz CT molecular complexity index is 1210. The van der Waals surface area contributed by atoms with E-state index in [0.717, 1.165) is 11.3 Å². The van der Waals surface area contributed by atoms with E-state index >= 15 is 0 Å². The first-order valence-electron chi connectivity index (χ1n) is 10.4. The number of ether oxygens (including phenoxy) is 1. The van der Waals surface area contributed by atoms with E-state index in [9.17, 15) is 13.2 Å². The first-order valence-corrected chi connectivity index (χ1v) is 12.8. The van der Waals surface area contributed by atoms with Crippen molar-refractivity contribution in [3.8, 4) is 17.1 Å². The lowest BCUT2D eigenvalue weighted by Crippen LogP contribution is -2.30. The number of nitrogens with zero attached hydrogens (tertiary/aromatic N) is 4. The van der Waals surface area contributed by atoms with Gasteiger partial charge < -0.3 is 14.6 Å². The van der Waals surface area contributed by atoms with Crippen LogP contribution < -0.4 is 10.1 Å². The van der Waals surface area contributed by atoms with Crippen LogP contribution in [0.15, 0.2) is 58.6 Å². The van der Waals surface area contributed by atoms with E-state index in [2.05, 4.69) is 15.5 Å². The minimum absolute atomic E-state index is 0.129. The van der Waals surface area contributed by atoms with E-state index < -0.39 is 10.0 Å². The molecule has 3 rings (SSSR count). The van der Waals surface area contributed by atoms with Gasteiger partial charge in [0.2, 0.25) is 15.9 Å². The Morgan fingerprint density at radius 2 is 1.82 bits per heavy atom. The molecular formula is C22H27N5O4S2. The Labute approximate surface area is 198 Å². The van der Waals surface area contributed by atoms with E-state index in [1.165, 1.54) is 28.2 Å². The summed E-state index contributed by atoms with van der Waals surface area (Å²) in [5.74, 6) is 1.29. The second-order valence-corrected chi connectivity index (χ2v) is 9.93. The number of rotatable bonds is 10. The van der Waals surface area contributed by atoms with Gasteiger partial charge in [0.15, 0.2) is 11.0 Å². The number of hydrogen-bond acceptors (Lipinski definition) is 7. The number of carbonyl (C=O) groups excluding carboxylic acids is 1.